The summed E-state index contributed by atoms with van der Waals surface area (Å²) in [5, 5.41) is 19.9. The van der Waals surface area contributed by atoms with Crippen molar-refractivity contribution in [1.29, 1.82) is 0 Å². The van der Waals surface area contributed by atoms with Crippen LogP contribution in [0, 0.1) is 39.5 Å². The molecule has 10 nitrogen and oxygen atoms in total. The Morgan fingerprint density at radius 2 is 0.625 bits per heavy atom. The molecule has 0 saturated carbocycles. The molecule has 8 aromatic rings. The van der Waals surface area contributed by atoms with Crippen molar-refractivity contribution in [2.75, 3.05) is 0 Å². The number of thioether (sulfide) groups is 2. The summed E-state index contributed by atoms with van der Waals surface area (Å²) in [6.45, 7) is 11.6. The second-order valence-corrected chi connectivity index (χ2v) is 26.0. The van der Waals surface area contributed by atoms with Gasteiger partial charge in [-0.15, -0.1) is 23.5 Å². The van der Waals surface area contributed by atoms with E-state index in [1.54, 1.807) is 48.5 Å². The van der Waals surface area contributed by atoms with Crippen LogP contribution >= 0.6 is 23.5 Å². The first kappa shape index (κ1) is 60.9. The largest absolute Gasteiger partial charge is 0.481 e. The minimum absolute atomic E-state index is 0.183. The molecule has 416 valence electrons. The number of rotatable bonds is 14. The summed E-state index contributed by atoms with van der Waals surface area (Å²) < 4.78 is 59.2. The first-order valence-electron chi connectivity index (χ1n) is 26.7. The van der Waals surface area contributed by atoms with E-state index in [1.807, 2.05) is 224 Å². The van der Waals surface area contributed by atoms with E-state index < -0.39 is 78.5 Å². The van der Waals surface area contributed by atoms with Gasteiger partial charge in [-0.05, 0) is 100 Å². The minimum Gasteiger partial charge on any atom is -0.481 e. The molecule has 14 heteroatoms. The molecule has 0 amide bonds. The van der Waals surface area contributed by atoms with Crippen LogP contribution in [0.15, 0.2) is 250 Å². The molecule has 8 aromatic carbocycles. The minimum atomic E-state index is -3.96. The third-order valence-corrected chi connectivity index (χ3v) is 20.8. The molecule has 0 spiro atoms. The third-order valence-electron chi connectivity index (χ3n) is 14.2. The predicted octanol–water partition coefficient (Wildman–Crippen LogP) is 14.8. The van der Waals surface area contributed by atoms with Crippen molar-refractivity contribution in [3.63, 3.8) is 0 Å². The number of carbonyl (C=O) groups is 2. The second-order valence-electron chi connectivity index (χ2n) is 19.8. The van der Waals surface area contributed by atoms with Gasteiger partial charge in [0.25, 0.3) is 0 Å². The molecule has 2 heterocycles. The quantitative estimate of drug-likeness (QED) is 0.108. The van der Waals surface area contributed by atoms with Gasteiger partial charge in [-0.25, -0.2) is 16.8 Å². The van der Waals surface area contributed by atoms with E-state index in [4.69, 9.17) is 0 Å². The van der Waals surface area contributed by atoms with Gasteiger partial charge in [0.2, 0.25) is 20.0 Å². The summed E-state index contributed by atoms with van der Waals surface area (Å²) in [5.74, 6) is -3.78. The summed E-state index contributed by atoms with van der Waals surface area (Å²) in [5.41, 5.74) is 5.38. The average molecular weight is 1150 g/mol. The Morgan fingerprint density at radius 1 is 0.388 bits per heavy atom. The Hall–Kier alpha value is -6.78. The monoisotopic (exact) mass is 1150 g/mol. The van der Waals surface area contributed by atoms with E-state index in [1.165, 1.54) is 32.1 Å². The van der Waals surface area contributed by atoms with Crippen LogP contribution < -0.4 is 0 Å². The fraction of sp³-hybridized carbons (Fsp3) is 0.242. The van der Waals surface area contributed by atoms with E-state index in [-0.39, 0.29) is 9.79 Å². The Kier molecular flexibility index (Phi) is 21.7. The molecule has 0 aromatic heterocycles. The molecule has 10 rings (SSSR count). The zero-order valence-electron chi connectivity index (χ0n) is 45.8. The molecule has 2 aliphatic heterocycles. The Labute approximate surface area is 482 Å². The van der Waals surface area contributed by atoms with Crippen molar-refractivity contribution in [2.45, 2.75) is 109 Å². The number of aliphatic carboxylic acids is 2. The van der Waals surface area contributed by atoms with Gasteiger partial charge in [0.05, 0.1) is 33.7 Å². The van der Waals surface area contributed by atoms with Crippen molar-refractivity contribution < 1.29 is 36.6 Å². The van der Waals surface area contributed by atoms with Gasteiger partial charge in [-0.2, -0.15) is 8.61 Å². The zero-order chi connectivity index (χ0) is 57.4. The van der Waals surface area contributed by atoms with Gasteiger partial charge in [-0.3, -0.25) is 9.59 Å². The molecule has 2 saturated heterocycles. The number of hydrogen-bond donors (Lipinski definition) is 2. The molecule has 80 heavy (non-hydrogen) atoms. The van der Waals surface area contributed by atoms with Crippen molar-refractivity contribution in [3.05, 3.63) is 264 Å². The number of benzene rings is 8. The lowest BCUT2D eigenvalue weighted by molar-refractivity contribution is -0.143. The molecular weight excluding hydrogens is 1080 g/mol. The van der Waals surface area contributed by atoms with E-state index in [0.717, 1.165) is 32.0 Å². The fourth-order valence-electron chi connectivity index (χ4n) is 10.2. The molecule has 2 N–H and O–H groups in total. The van der Waals surface area contributed by atoms with Gasteiger partial charge in [0.15, 0.2) is 0 Å². The lowest BCUT2D eigenvalue weighted by Gasteiger charge is -2.30. The zero-order valence-corrected chi connectivity index (χ0v) is 49.1. The highest BCUT2D eigenvalue weighted by atomic mass is 32.2. The van der Waals surface area contributed by atoms with E-state index in [0.29, 0.717) is 24.0 Å². The van der Waals surface area contributed by atoms with Crippen LogP contribution in [0.4, 0.5) is 0 Å². The number of carboxylic acids is 2. The van der Waals surface area contributed by atoms with Crippen LogP contribution in [0.2, 0.25) is 0 Å². The topological polar surface area (TPSA) is 149 Å². The van der Waals surface area contributed by atoms with E-state index in [2.05, 4.69) is 0 Å². The Morgan fingerprint density at radius 3 is 0.863 bits per heavy atom. The molecule has 0 aliphatic carbocycles. The standard InChI is InChI=1S/2C27H29NO4S2.2C6H6/c2*1-4-23-26(33-21-8-6-5-7-9-21)24(27(29)30)25(20-14-10-18(2)11-15-20)28(23)34(31,32)22-16-12-19(3)13-17-22;2*1-2-4-6-5-3-1/h2*5-17,23-26H,4H2,1-3H3,(H,29,30);2*1-6H/t2*23-,24+,25+,26-;;/m10../s1. The fourth-order valence-corrected chi connectivity index (χ4v) is 17.2. The lowest BCUT2D eigenvalue weighted by atomic mass is 9.92. The molecular formula is C66H70N2O8S4. The third kappa shape index (κ3) is 15.0. The van der Waals surface area contributed by atoms with E-state index in [9.17, 15) is 36.6 Å². The van der Waals surface area contributed by atoms with Crippen LogP contribution in [-0.4, -0.2) is 70.2 Å². The highest BCUT2D eigenvalue weighted by Gasteiger charge is 2.58. The normalized spacial score (nSPS) is 20.9. The number of aryl methyl sites for hydroxylation is 4. The summed E-state index contributed by atoms with van der Waals surface area (Å²) in [7, 11) is -7.92. The maximum Gasteiger partial charge on any atom is 0.309 e. The Balaban J connectivity index is 0.000000190. The molecule has 0 unspecified atom stereocenters. The number of hydrogen-bond acceptors (Lipinski definition) is 8. The lowest BCUT2D eigenvalue weighted by Crippen LogP contribution is -2.39. The van der Waals surface area contributed by atoms with Crippen LogP contribution in [0.5, 0.6) is 0 Å². The summed E-state index contributed by atoms with van der Waals surface area (Å²) in [4.78, 5) is 27.7. The van der Waals surface area contributed by atoms with Crippen LogP contribution in [-0.2, 0) is 29.6 Å². The highest BCUT2D eigenvalue weighted by Crippen LogP contribution is 2.53. The van der Waals surface area contributed by atoms with Crippen LogP contribution in [0.1, 0.15) is 72.2 Å². The van der Waals surface area contributed by atoms with Gasteiger partial charge < -0.3 is 10.2 Å². The van der Waals surface area contributed by atoms with Crippen molar-refractivity contribution in [3.8, 4) is 0 Å². The maximum atomic E-state index is 14.1. The molecule has 0 radical (unpaired) electrons. The molecule has 8 atom stereocenters. The van der Waals surface area contributed by atoms with Crippen LogP contribution in [0.3, 0.4) is 0 Å². The summed E-state index contributed by atoms with van der Waals surface area (Å²) in [6, 6.07) is 69.2. The predicted molar refractivity (Wildman–Crippen MR) is 324 cm³/mol. The van der Waals surface area contributed by atoms with Crippen molar-refractivity contribution in [1.82, 2.24) is 8.61 Å². The highest BCUT2D eigenvalue weighted by molar-refractivity contribution is 8.00. The summed E-state index contributed by atoms with van der Waals surface area (Å²) >= 11 is 2.90. The summed E-state index contributed by atoms with van der Waals surface area (Å²) in [6.07, 6.45) is 1.00. The van der Waals surface area contributed by atoms with E-state index >= 15 is 0 Å². The number of nitrogens with zero attached hydrogens (tertiary/aromatic N) is 2. The number of carboxylic acid groups (broad SMARTS) is 2. The van der Waals surface area contributed by atoms with Gasteiger partial charge in [-0.1, -0.05) is 218 Å². The first-order valence-corrected chi connectivity index (χ1v) is 31.3. The van der Waals surface area contributed by atoms with Crippen LogP contribution in [0.25, 0.3) is 0 Å². The molecule has 2 aliphatic rings. The molecule has 0 bridgehead atoms. The Bertz CT molecular complexity index is 3130. The van der Waals surface area contributed by atoms with Gasteiger partial charge in [0, 0.05) is 32.4 Å². The molecule has 2 fully saturated rings. The van der Waals surface area contributed by atoms with Gasteiger partial charge in [0.1, 0.15) is 0 Å². The smallest absolute Gasteiger partial charge is 0.309 e. The second kappa shape index (κ2) is 28.6. The maximum absolute atomic E-state index is 14.1. The SMILES string of the molecule is CC[C@@H]1[C@@H](Sc2ccccc2)[C@@H](C(=O)O)[C@H](c2ccc(C)cc2)N1S(=O)(=O)c1ccc(C)cc1.CC[C@H]1[C@H](Sc2ccccc2)[C@H](C(=O)O)[C@@H](c2ccc(C)cc2)N1S(=O)(=O)c1ccc(C)cc1.c1ccccc1.c1ccccc1. The first-order chi connectivity index (χ1) is 38.5. The van der Waals surface area contributed by atoms with Crippen molar-refractivity contribution in [2.24, 2.45) is 11.8 Å². The van der Waals surface area contributed by atoms with Gasteiger partial charge >= 0.3 is 11.9 Å². The van der Waals surface area contributed by atoms with Crippen molar-refractivity contribution >= 4 is 55.5 Å². The number of sulfonamides is 2. The average Bonchev–Trinajstić information content (AvgIpc) is 4.22.